The van der Waals surface area contributed by atoms with E-state index >= 15 is 0 Å². The van der Waals surface area contributed by atoms with Gasteiger partial charge in [-0.3, -0.25) is 4.68 Å². The number of nitrogens with one attached hydrogen (secondary N) is 2. The molecule has 1 heterocycles. The second-order valence-electron chi connectivity index (χ2n) is 7.08. The second kappa shape index (κ2) is 9.58. The smallest absolute Gasteiger partial charge is 0.323 e. The molecule has 0 saturated heterocycles. The molecule has 0 saturated carbocycles. The fraction of sp³-hybridized carbons (Fsp3) is 0.0833. The van der Waals surface area contributed by atoms with Gasteiger partial charge < -0.3 is 15.4 Å². The lowest BCUT2D eigenvalue weighted by atomic mass is 10.0. The summed E-state index contributed by atoms with van der Waals surface area (Å²) < 4.78 is 8.89. The zero-order chi connectivity index (χ0) is 22.7. The highest BCUT2D eigenvalue weighted by atomic mass is 79.9. The lowest BCUT2D eigenvalue weighted by Crippen LogP contribution is -2.19. The molecular weight excluding hydrogens is 536 g/mol. The molecule has 0 aliphatic rings. The summed E-state index contributed by atoms with van der Waals surface area (Å²) >= 11 is 6.97. The summed E-state index contributed by atoms with van der Waals surface area (Å²) in [6, 6.07) is 20.8. The Kier molecular flexibility index (Phi) is 6.62. The number of amides is 2. The van der Waals surface area contributed by atoms with Crippen LogP contribution in [0.25, 0.3) is 22.4 Å². The van der Waals surface area contributed by atoms with Gasteiger partial charge in [-0.25, -0.2) is 4.79 Å². The van der Waals surface area contributed by atoms with Gasteiger partial charge in [-0.15, -0.1) is 0 Å². The van der Waals surface area contributed by atoms with Gasteiger partial charge in [0.25, 0.3) is 0 Å². The summed E-state index contributed by atoms with van der Waals surface area (Å²) in [5.41, 5.74) is 5.16. The van der Waals surface area contributed by atoms with E-state index < -0.39 is 0 Å². The Morgan fingerprint density at radius 1 is 0.875 bits per heavy atom. The SMILES string of the molecule is COc1ccc(-c2cc(NC(=O)Nc3ccc(Br)cc3)cc(-c3c(Br)cnn3C)c2)cc1. The Labute approximate surface area is 202 Å². The van der Waals surface area contributed by atoms with E-state index in [2.05, 4.69) is 53.7 Å². The minimum absolute atomic E-state index is 0.325. The molecule has 1 aromatic heterocycles. The number of halogens is 2. The van der Waals surface area contributed by atoms with E-state index in [1.807, 2.05) is 67.7 Å². The number of methoxy groups -OCH3 is 1. The number of ether oxygens (including phenoxy) is 1. The number of aryl methyl sites for hydroxylation is 1. The average Bonchev–Trinajstić information content (AvgIpc) is 3.13. The summed E-state index contributed by atoms with van der Waals surface area (Å²) in [5, 5.41) is 10.1. The van der Waals surface area contributed by atoms with Crippen LogP contribution in [0.2, 0.25) is 0 Å². The first-order valence-electron chi connectivity index (χ1n) is 9.74. The molecule has 0 atom stereocenters. The largest absolute Gasteiger partial charge is 0.497 e. The number of hydrogen-bond donors (Lipinski definition) is 2. The highest BCUT2D eigenvalue weighted by molar-refractivity contribution is 9.10. The zero-order valence-electron chi connectivity index (χ0n) is 17.4. The lowest BCUT2D eigenvalue weighted by Gasteiger charge is -2.13. The van der Waals surface area contributed by atoms with Crippen LogP contribution in [0, 0.1) is 0 Å². The maximum atomic E-state index is 12.7. The third-order valence-electron chi connectivity index (χ3n) is 4.88. The fourth-order valence-electron chi connectivity index (χ4n) is 3.35. The highest BCUT2D eigenvalue weighted by Crippen LogP contribution is 2.34. The molecule has 0 aliphatic heterocycles. The quantitative estimate of drug-likeness (QED) is 0.280. The second-order valence-corrected chi connectivity index (χ2v) is 8.85. The third kappa shape index (κ3) is 5.03. The van der Waals surface area contributed by atoms with Crippen LogP contribution in [0.15, 0.2) is 81.9 Å². The van der Waals surface area contributed by atoms with Gasteiger partial charge in [0.15, 0.2) is 0 Å². The molecule has 32 heavy (non-hydrogen) atoms. The first-order valence-corrected chi connectivity index (χ1v) is 11.3. The Morgan fingerprint density at radius 3 is 2.16 bits per heavy atom. The monoisotopic (exact) mass is 554 g/mol. The predicted molar refractivity (Wildman–Crippen MR) is 135 cm³/mol. The van der Waals surface area contributed by atoms with Gasteiger partial charge in [-0.1, -0.05) is 28.1 Å². The maximum Gasteiger partial charge on any atom is 0.323 e. The van der Waals surface area contributed by atoms with Crippen molar-refractivity contribution in [3.63, 3.8) is 0 Å². The van der Waals surface area contributed by atoms with Crippen LogP contribution in [-0.4, -0.2) is 22.9 Å². The van der Waals surface area contributed by atoms with Crippen molar-refractivity contribution >= 4 is 49.3 Å². The van der Waals surface area contributed by atoms with E-state index in [4.69, 9.17) is 4.74 Å². The van der Waals surface area contributed by atoms with E-state index in [0.29, 0.717) is 11.4 Å². The number of hydrogen-bond acceptors (Lipinski definition) is 3. The van der Waals surface area contributed by atoms with E-state index in [9.17, 15) is 4.79 Å². The molecule has 0 aliphatic carbocycles. The summed E-state index contributed by atoms with van der Waals surface area (Å²) in [6.07, 6.45) is 1.75. The summed E-state index contributed by atoms with van der Waals surface area (Å²) in [6.45, 7) is 0. The molecule has 2 N–H and O–H groups in total. The van der Waals surface area contributed by atoms with Gasteiger partial charge in [0.2, 0.25) is 0 Å². The van der Waals surface area contributed by atoms with Crippen molar-refractivity contribution in [2.45, 2.75) is 0 Å². The molecule has 162 valence electrons. The van der Waals surface area contributed by atoms with Crippen LogP contribution in [0.5, 0.6) is 5.75 Å². The average molecular weight is 556 g/mol. The standard InChI is InChI=1S/C24H20Br2N4O2/c1-30-23(22(26)14-27-30)17-11-16(15-3-9-21(32-2)10-4-15)12-20(13-17)29-24(31)28-19-7-5-18(25)6-8-19/h3-14H,1-2H3,(H2,28,29,31). The number of carbonyl (C=O) groups is 1. The summed E-state index contributed by atoms with van der Waals surface area (Å²) in [5.74, 6) is 0.784. The van der Waals surface area contributed by atoms with Crippen molar-refractivity contribution in [1.29, 1.82) is 0 Å². The van der Waals surface area contributed by atoms with Crippen LogP contribution in [-0.2, 0) is 7.05 Å². The van der Waals surface area contributed by atoms with Crippen molar-refractivity contribution in [2.75, 3.05) is 17.7 Å². The molecule has 0 unspecified atom stereocenters. The molecule has 6 nitrogen and oxygen atoms in total. The van der Waals surface area contributed by atoms with Crippen molar-refractivity contribution in [1.82, 2.24) is 9.78 Å². The van der Waals surface area contributed by atoms with Gasteiger partial charge in [-0.2, -0.15) is 5.10 Å². The highest BCUT2D eigenvalue weighted by Gasteiger charge is 2.13. The summed E-state index contributed by atoms with van der Waals surface area (Å²) in [4.78, 5) is 12.7. The Bertz CT molecular complexity index is 1230. The van der Waals surface area contributed by atoms with E-state index in [-0.39, 0.29) is 6.03 Å². The normalized spacial score (nSPS) is 10.6. The number of aromatic nitrogens is 2. The van der Waals surface area contributed by atoms with Gasteiger partial charge in [0, 0.05) is 28.5 Å². The fourth-order valence-corrected chi connectivity index (χ4v) is 4.19. The van der Waals surface area contributed by atoms with Gasteiger partial charge in [0.05, 0.1) is 23.5 Å². The Balaban J connectivity index is 1.69. The van der Waals surface area contributed by atoms with Gasteiger partial charge in [-0.05, 0) is 81.7 Å². The van der Waals surface area contributed by atoms with Crippen LogP contribution in [0.3, 0.4) is 0 Å². The molecular formula is C24H20Br2N4O2. The van der Waals surface area contributed by atoms with Crippen molar-refractivity contribution in [3.8, 4) is 28.1 Å². The Morgan fingerprint density at radius 2 is 1.53 bits per heavy atom. The van der Waals surface area contributed by atoms with E-state index in [1.165, 1.54) is 0 Å². The lowest BCUT2D eigenvalue weighted by molar-refractivity contribution is 0.262. The number of rotatable bonds is 5. The van der Waals surface area contributed by atoms with Crippen LogP contribution in [0.1, 0.15) is 0 Å². The molecule has 0 bridgehead atoms. The van der Waals surface area contributed by atoms with Crippen LogP contribution in [0.4, 0.5) is 16.2 Å². The Hall–Kier alpha value is -3.10. The molecule has 8 heteroatoms. The van der Waals surface area contributed by atoms with Crippen LogP contribution < -0.4 is 15.4 Å². The minimum Gasteiger partial charge on any atom is -0.497 e. The third-order valence-corrected chi connectivity index (χ3v) is 5.99. The molecule has 0 radical (unpaired) electrons. The number of anilines is 2. The molecule has 4 rings (SSSR count). The molecule has 0 spiro atoms. The van der Waals surface area contributed by atoms with E-state index in [1.54, 1.807) is 18.0 Å². The van der Waals surface area contributed by atoms with Crippen LogP contribution >= 0.6 is 31.9 Å². The molecule has 2 amide bonds. The van der Waals surface area contributed by atoms with Crippen molar-refractivity contribution in [2.24, 2.45) is 7.05 Å². The molecule has 0 fully saturated rings. The molecule has 3 aromatic carbocycles. The van der Waals surface area contributed by atoms with Gasteiger partial charge in [0.1, 0.15) is 5.75 Å². The zero-order valence-corrected chi connectivity index (χ0v) is 20.6. The van der Waals surface area contributed by atoms with Crippen molar-refractivity contribution in [3.05, 3.63) is 81.9 Å². The van der Waals surface area contributed by atoms with Crippen molar-refractivity contribution < 1.29 is 9.53 Å². The number of nitrogens with zero attached hydrogens (tertiary/aromatic N) is 2. The number of carbonyl (C=O) groups excluding carboxylic acids is 1. The number of benzene rings is 3. The molecule has 4 aromatic rings. The first kappa shape index (κ1) is 22.1. The number of urea groups is 1. The minimum atomic E-state index is -0.325. The van der Waals surface area contributed by atoms with E-state index in [0.717, 1.165) is 37.1 Å². The topological polar surface area (TPSA) is 68.2 Å². The summed E-state index contributed by atoms with van der Waals surface area (Å²) in [7, 11) is 3.52. The predicted octanol–water partition coefficient (Wildman–Crippen LogP) is 6.93. The maximum absolute atomic E-state index is 12.7. The first-order chi connectivity index (χ1) is 15.4. The van der Waals surface area contributed by atoms with Gasteiger partial charge >= 0.3 is 6.03 Å².